The maximum atomic E-state index is 12.5. The number of amides is 2. The van der Waals surface area contributed by atoms with Gasteiger partial charge in [0.2, 0.25) is 5.91 Å². The quantitative estimate of drug-likeness (QED) is 0.674. The van der Waals surface area contributed by atoms with Crippen molar-refractivity contribution in [3.8, 4) is 0 Å². The highest BCUT2D eigenvalue weighted by Crippen LogP contribution is 2.40. The Morgan fingerprint density at radius 1 is 0.926 bits per heavy atom. The monoisotopic (exact) mass is 363 g/mol. The van der Waals surface area contributed by atoms with Crippen LogP contribution in [0.2, 0.25) is 0 Å². The molecule has 0 saturated heterocycles. The molecule has 2 aromatic rings. The molecule has 3 N–H and O–H groups in total. The molecule has 0 bridgehead atoms. The molecular weight excluding hydrogens is 338 g/mol. The number of carbonyl (C=O) groups excluding carboxylic acids is 2. The molecule has 0 heterocycles. The summed E-state index contributed by atoms with van der Waals surface area (Å²) in [5.41, 5.74) is 2.42. The minimum atomic E-state index is -0.0823. The molecule has 1 unspecified atom stereocenters. The molecule has 5 heteroatoms. The second kappa shape index (κ2) is 7.82. The van der Waals surface area contributed by atoms with Gasteiger partial charge < -0.3 is 16.0 Å². The molecule has 2 saturated carbocycles. The van der Waals surface area contributed by atoms with E-state index in [0.717, 1.165) is 31.2 Å². The normalized spacial score (nSPS) is 17.0. The van der Waals surface area contributed by atoms with Gasteiger partial charge in [0.1, 0.15) is 0 Å². The highest BCUT2D eigenvalue weighted by atomic mass is 16.2. The Bertz CT molecular complexity index is 813. The maximum Gasteiger partial charge on any atom is 0.253 e. The Labute approximate surface area is 159 Å². The van der Waals surface area contributed by atoms with Crippen molar-refractivity contribution >= 4 is 17.5 Å². The molecule has 27 heavy (non-hydrogen) atoms. The van der Waals surface area contributed by atoms with Crippen molar-refractivity contribution in [1.29, 1.82) is 0 Å². The average Bonchev–Trinajstić information content (AvgIpc) is 3.60. The fourth-order valence-electron chi connectivity index (χ4n) is 3.29. The molecule has 0 spiro atoms. The highest BCUT2D eigenvalue weighted by Gasteiger charge is 2.33. The summed E-state index contributed by atoms with van der Waals surface area (Å²) in [4.78, 5) is 24.9. The lowest BCUT2D eigenvalue weighted by Gasteiger charge is -2.19. The van der Waals surface area contributed by atoms with Gasteiger partial charge in [-0.2, -0.15) is 0 Å². The number of hydrogen-bond acceptors (Lipinski definition) is 3. The van der Waals surface area contributed by atoms with E-state index in [1.165, 1.54) is 0 Å². The van der Waals surface area contributed by atoms with Gasteiger partial charge in [-0.15, -0.1) is 0 Å². The van der Waals surface area contributed by atoms with Crippen molar-refractivity contribution in [2.75, 3.05) is 11.9 Å². The van der Waals surface area contributed by atoms with Crippen LogP contribution in [-0.4, -0.2) is 24.4 Å². The minimum absolute atomic E-state index is 0.0619. The van der Waals surface area contributed by atoms with Crippen molar-refractivity contribution < 1.29 is 9.59 Å². The first-order valence-electron chi connectivity index (χ1n) is 9.69. The minimum Gasteiger partial charge on any atom is -0.376 e. The van der Waals surface area contributed by atoms with E-state index in [0.29, 0.717) is 23.2 Å². The number of benzene rings is 2. The molecule has 2 aromatic carbocycles. The Hall–Kier alpha value is -2.82. The van der Waals surface area contributed by atoms with Crippen molar-refractivity contribution in [2.45, 2.75) is 37.8 Å². The van der Waals surface area contributed by atoms with Gasteiger partial charge in [-0.05, 0) is 49.3 Å². The lowest BCUT2D eigenvalue weighted by molar-refractivity contribution is -0.120. The molecule has 4 rings (SSSR count). The van der Waals surface area contributed by atoms with Gasteiger partial charge in [-0.1, -0.05) is 42.5 Å². The molecule has 0 aromatic heterocycles. The van der Waals surface area contributed by atoms with Crippen LogP contribution in [0.1, 0.15) is 47.6 Å². The number of nitrogens with one attached hydrogen (secondary N) is 3. The van der Waals surface area contributed by atoms with Crippen molar-refractivity contribution in [2.24, 2.45) is 5.92 Å². The van der Waals surface area contributed by atoms with Crippen molar-refractivity contribution in [1.82, 2.24) is 10.6 Å². The van der Waals surface area contributed by atoms with E-state index in [1.54, 1.807) is 6.07 Å². The number of anilines is 1. The van der Waals surface area contributed by atoms with E-state index >= 15 is 0 Å². The Morgan fingerprint density at radius 2 is 1.63 bits per heavy atom. The second-order valence-electron chi connectivity index (χ2n) is 7.44. The van der Waals surface area contributed by atoms with Gasteiger partial charge in [0.25, 0.3) is 5.91 Å². The maximum absolute atomic E-state index is 12.5. The molecule has 5 nitrogen and oxygen atoms in total. The molecule has 140 valence electrons. The zero-order valence-electron chi connectivity index (χ0n) is 15.3. The Kier molecular flexibility index (Phi) is 5.10. The van der Waals surface area contributed by atoms with Gasteiger partial charge in [0, 0.05) is 11.7 Å². The van der Waals surface area contributed by atoms with Crippen LogP contribution in [-0.2, 0) is 4.79 Å². The zero-order valence-corrected chi connectivity index (χ0v) is 15.3. The fraction of sp³-hybridized carbons (Fsp3) is 0.364. The van der Waals surface area contributed by atoms with Crippen LogP contribution in [0.25, 0.3) is 0 Å². The van der Waals surface area contributed by atoms with Gasteiger partial charge >= 0.3 is 0 Å². The summed E-state index contributed by atoms with van der Waals surface area (Å²) in [5, 5.41) is 9.28. The van der Waals surface area contributed by atoms with Gasteiger partial charge in [-0.3, -0.25) is 9.59 Å². The molecule has 0 aliphatic heterocycles. The highest BCUT2D eigenvalue weighted by molar-refractivity contribution is 6.00. The van der Waals surface area contributed by atoms with Crippen LogP contribution < -0.4 is 16.0 Å². The summed E-state index contributed by atoms with van der Waals surface area (Å²) in [6.45, 7) is 0.143. The lowest BCUT2D eigenvalue weighted by atomic mass is 10.0. The van der Waals surface area contributed by atoms with Gasteiger partial charge in [-0.25, -0.2) is 0 Å². The van der Waals surface area contributed by atoms with E-state index in [1.807, 2.05) is 36.4 Å². The number of para-hydroxylation sites is 1. The second-order valence-corrected chi connectivity index (χ2v) is 7.44. The largest absolute Gasteiger partial charge is 0.376 e. The first-order chi connectivity index (χ1) is 13.2. The Morgan fingerprint density at radius 3 is 2.33 bits per heavy atom. The third-order valence-corrected chi connectivity index (χ3v) is 5.09. The van der Waals surface area contributed by atoms with Crippen molar-refractivity contribution in [3.05, 3.63) is 65.7 Å². The molecule has 2 aliphatic rings. The first-order valence-corrected chi connectivity index (χ1v) is 9.69. The molecular formula is C22H25N3O2. The summed E-state index contributed by atoms with van der Waals surface area (Å²) in [6.07, 6.45) is 4.40. The van der Waals surface area contributed by atoms with Crippen molar-refractivity contribution in [3.63, 3.8) is 0 Å². The summed E-state index contributed by atoms with van der Waals surface area (Å²) in [7, 11) is 0. The fourth-order valence-corrected chi connectivity index (χ4v) is 3.29. The number of rotatable bonds is 8. The van der Waals surface area contributed by atoms with Gasteiger partial charge in [0.05, 0.1) is 18.2 Å². The lowest BCUT2D eigenvalue weighted by Crippen LogP contribution is -2.35. The molecule has 2 aliphatic carbocycles. The predicted octanol–water partition coefficient (Wildman–Crippen LogP) is 3.26. The van der Waals surface area contributed by atoms with Crippen LogP contribution in [0, 0.1) is 5.92 Å². The molecule has 2 amide bonds. The summed E-state index contributed by atoms with van der Waals surface area (Å²) in [5.74, 6) is 0.377. The van der Waals surface area contributed by atoms with E-state index in [9.17, 15) is 9.59 Å². The molecule has 2 fully saturated rings. The van der Waals surface area contributed by atoms with Crippen LogP contribution in [0.15, 0.2) is 54.6 Å². The zero-order chi connectivity index (χ0) is 18.6. The molecule has 0 radical (unpaired) electrons. The first kappa shape index (κ1) is 17.6. The third kappa shape index (κ3) is 4.67. The predicted molar refractivity (Wildman–Crippen MR) is 105 cm³/mol. The van der Waals surface area contributed by atoms with Crippen LogP contribution in [0.4, 0.5) is 5.69 Å². The SMILES string of the molecule is O=C(CNc1ccccc1C(=O)NC1CC1)NC(c1ccccc1)C1CC1. The average molecular weight is 363 g/mol. The van der Waals surface area contributed by atoms with E-state index < -0.39 is 0 Å². The van der Waals surface area contributed by atoms with Crippen LogP contribution >= 0.6 is 0 Å². The van der Waals surface area contributed by atoms with Crippen LogP contribution in [0.3, 0.4) is 0 Å². The number of carbonyl (C=O) groups is 2. The summed E-state index contributed by atoms with van der Waals surface area (Å²) < 4.78 is 0. The third-order valence-electron chi connectivity index (χ3n) is 5.09. The summed E-state index contributed by atoms with van der Waals surface area (Å²) in [6, 6.07) is 17.8. The number of hydrogen-bond donors (Lipinski definition) is 3. The topological polar surface area (TPSA) is 70.2 Å². The standard InChI is InChI=1S/C22H25N3O2/c26-20(25-21(16-10-11-16)15-6-2-1-3-7-15)14-23-19-9-5-4-8-18(19)22(27)24-17-12-13-17/h1-9,16-17,21,23H,10-14H2,(H,24,27)(H,25,26). The van der Waals surface area contributed by atoms with Gasteiger partial charge in [0.15, 0.2) is 0 Å². The smallest absolute Gasteiger partial charge is 0.253 e. The molecule has 1 atom stereocenters. The van der Waals surface area contributed by atoms with E-state index in [2.05, 4.69) is 28.1 Å². The Balaban J connectivity index is 1.37. The van der Waals surface area contributed by atoms with E-state index in [-0.39, 0.29) is 24.4 Å². The van der Waals surface area contributed by atoms with E-state index in [4.69, 9.17) is 0 Å². The summed E-state index contributed by atoms with van der Waals surface area (Å²) >= 11 is 0. The van der Waals surface area contributed by atoms with Crippen LogP contribution in [0.5, 0.6) is 0 Å².